The molecule has 0 aliphatic rings. The summed E-state index contributed by atoms with van der Waals surface area (Å²) in [6.07, 6.45) is 3.66. The molecular weight excluding hydrogens is 446 g/mol. The van der Waals surface area contributed by atoms with Gasteiger partial charge in [-0.1, -0.05) is 36.4 Å². The van der Waals surface area contributed by atoms with E-state index in [1.807, 2.05) is 36.4 Å². The van der Waals surface area contributed by atoms with E-state index in [4.69, 9.17) is 9.47 Å². The number of ether oxygens (including phenoxy) is 2. The predicted octanol–water partition coefficient (Wildman–Crippen LogP) is 3.06. The molecular formula is C26H25N5O4. The summed E-state index contributed by atoms with van der Waals surface area (Å²) in [4.78, 5) is 31.4. The number of hydrogen-bond acceptors (Lipinski definition) is 7. The smallest absolute Gasteiger partial charge is 0.273 e. The Hall–Kier alpha value is -4.53. The average molecular weight is 472 g/mol. The lowest BCUT2D eigenvalue weighted by atomic mass is 10.2. The molecule has 178 valence electrons. The number of amides is 1. The van der Waals surface area contributed by atoms with Gasteiger partial charge < -0.3 is 19.8 Å². The SMILES string of the molecule is COc1cc(-c2nnc(CCC(=O)NCc3cccnc3)c(=O)[nH]2)ccc1OCc1ccccc1. The van der Waals surface area contributed by atoms with E-state index in [0.29, 0.717) is 36.0 Å². The minimum absolute atomic E-state index is 0.124. The van der Waals surface area contributed by atoms with Crippen molar-refractivity contribution in [1.82, 2.24) is 25.5 Å². The third-order valence-corrected chi connectivity index (χ3v) is 5.24. The summed E-state index contributed by atoms with van der Waals surface area (Å²) in [6, 6.07) is 18.8. The Kier molecular flexibility index (Phi) is 7.80. The zero-order chi connectivity index (χ0) is 24.5. The van der Waals surface area contributed by atoms with E-state index >= 15 is 0 Å². The van der Waals surface area contributed by atoms with Crippen molar-refractivity contribution in [1.29, 1.82) is 0 Å². The van der Waals surface area contributed by atoms with Crippen LogP contribution in [0.1, 0.15) is 23.2 Å². The van der Waals surface area contributed by atoms with Gasteiger partial charge >= 0.3 is 0 Å². The van der Waals surface area contributed by atoms with Crippen LogP contribution < -0.4 is 20.3 Å². The first-order valence-electron chi connectivity index (χ1n) is 11.1. The van der Waals surface area contributed by atoms with Crippen LogP contribution in [0, 0.1) is 0 Å². The van der Waals surface area contributed by atoms with Crippen molar-refractivity contribution < 1.29 is 14.3 Å². The second-order valence-electron chi connectivity index (χ2n) is 7.73. The number of nitrogens with one attached hydrogen (secondary N) is 2. The number of nitrogens with zero attached hydrogens (tertiary/aromatic N) is 3. The molecule has 9 heteroatoms. The Bertz CT molecular complexity index is 1330. The number of hydrogen-bond donors (Lipinski definition) is 2. The molecule has 2 aromatic heterocycles. The Labute approximate surface area is 202 Å². The van der Waals surface area contributed by atoms with E-state index in [0.717, 1.165) is 11.1 Å². The minimum Gasteiger partial charge on any atom is -0.493 e. The van der Waals surface area contributed by atoms with Crippen molar-refractivity contribution in [3.63, 3.8) is 0 Å². The second-order valence-corrected chi connectivity index (χ2v) is 7.73. The molecule has 0 fully saturated rings. The van der Waals surface area contributed by atoms with Crippen LogP contribution in [0.5, 0.6) is 11.5 Å². The van der Waals surface area contributed by atoms with Gasteiger partial charge in [0.2, 0.25) is 5.91 Å². The fraction of sp³-hybridized carbons (Fsp3) is 0.192. The summed E-state index contributed by atoms with van der Waals surface area (Å²) in [7, 11) is 1.55. The summed E-state index contributed by atoms with van der Waals surface area (Å²) >= 11 is 0. The van der Waals surface area contributed by atoms with Crippen molar-refractivity contribution in [2.45, 2.75) is 26.0 Å². The van der Waals surface area contributed by atoms with E-state index in [-0.39, 0.29) is 24.4 Å². The lowest BCUT2D eigenvalue weighted by Gasteiger charge is -2.12. The highest BCUT2D eigenvalue weighted by Gasteiger charge is 2.12. The van der Waals surface area contributed by atoms with Gasteiger partial charge in [0.15, 0.2) is 17.3 Å². The predicted molar refractivity (Wildman–Crippen MR) is 130 cm³/mol. The molecule has 0 atom stereocenters. The van der Waals surface area contributed by atoms with Gasteiger partial charge in [-0.05, 0) is 35.4 Å². The molecule has 4 aromatic rings. The van der Waals surface area contributed by atoms with Crippen LogP contribution in [-0.4, -0.2) is 33.2 Å². The Balaban J connectivity index is 1.37. The topological polar surface area (TPSA) is 119 Å². The molecule has 35 heavy (non-hydrogen) atoms. The number of benzene rings is 2. The van der Waals surface area contributed by atoms with Crippen LogP contribution in [0.15, 0.2) is 77.9 Å². The van der Waals surface area contributed by atoms with Crippen molar-refractivity contribution >= 4 is 5.91 Å². The normalized spacial score (nSPS) is 10.5. The number of aryl methyl sites for hydroxylation is 1. The van der Waals surface area contributed by atoms with Crippen LogP contribution >= 0.6 is 0 Å². The van der Waals surface area contributed by atoms with Crippen molar-refractivity contribution in [3.8, 4) is 22.9 Å². The molecule has 9 nitrogen and oxygen atoms in total. The molecule has 2 heterocycles. The van der Waals surface area contributed by atoms with Crippen LogP contribution in [-0.2, 0) is 24.4 Å². The Morgan fingerprint density at radius 1 is 1.00 bits per heavy atom. The van der Waals surface area contributed by atoms with E-state index in [9.17, 15) is 9.59 Å². The maximum atomic E-state index is 12.5. The maximum Gasteiger partial charge on any atom is 0.273 e. The quantitative estimate of drug-likeness (QED) is 0.365. The number of carbonyl (C=O) groups excluding carboxylic acids is 1. The largest absolute Gasteiger partial charge is 0.493 e. The van der Waals surface area contributed by atoms with Gasteiger partial charge in [-0.15, -0.1) is 10.2 Å². The molecule has 0 radical (unpaired) electrons. The van der Waals surface area contributed by atoms with Crippen molar-refractivity contribution in [2.75, 3.05) is 7.11 Å². The van der Waals surface area contributed by atoms with Gasteiger partial charge in [0.05, 0.1) is 7.11 Å². The summed E-state index contributed by atoms with van der Waals surface area (Å²) in [5.41, 5.74) is 2.36. The van der Waals surface area contributed by atoms with Gasteiger partial charge in [-0.3, -0.25) is 14.6 Å². The lowest BCUT2D eigenvalue weighted by molar-refractivity contribution is -0.121. The standard InChI is InChI=1S/C26H25N5O4/c1-34-23-14-20(9-11-22(23)35-17-18-6-3-2-4-7-18)25-29-26(33)21(30-31-25)10-12-24(32)28-16-19-8-5-13-27-15-19/h2-9,11,13-15H,10,12,16-17H2,1H3,(H,28,32)(H,29,31,33). The van der Waals surface area contributed by atoms with Crippen LogP contribution in [0.4, 0.5) is 0 Å². The number of carbonyl (C=O) groups is 1. The molecule has 0 aliphatic heterocycles. The van der Waals surface area contributed by atoms with Gasteiger partial charge in [0, 0.05) is 37.3 Å². The molecule has 4 rings (SSSR count). The third-order valence-electron chi connectivity index (χ3n) is 5.24. The number of pyridine rings is 1. The van der Waals surface area contributed by atoms with Crippen molar-refractivity contribution in [3.05, 3.63) is 100 Å². The van der Waals surface area contributed by atoms with Crippen molar-refractivity contribution in [2.24, 2.45) is 0 Å². The minimum atomic E-state index is -0.390. The summed E-state index contributed by atoms with van der Waals surface area (Å²) < 4.78 is 11.3. The molecule has 0 saturated carbocycles. The fourth-order valence-electron chi connectivity index (χ4n) is 3.35. The number of aromatic amines is 1. The Morgan fingerprint density at radius 3 is 2.57 bits per heavy atom. The molecule has 0 unspecified atom stereocenters. The fourth-order valence-corrected chi connectivity index (χ4v) is 3.35. The number of H-pyrrole nitrogens is 1. The highest BCUT2D eigenvalue weighted by molar-refractivity contribution is 5.76. The van der Waals surface area contributed by atoms with Crippen LogP contribution in [0.3, 0.4) is 0 Å². The molecule has 0 spiro atoms. The Morgan fingerprint density at radius 2 is 1.83 bits per heavy atom. The molecule has 0 saturated heterocycles. The summed E-state index contributed by atoms with van der Waals surface area (Å²) in [5.74, 6) is 1.20. The molecule has 2 aromatic carbocycles. The zero-order valence-electron chi connectivity index (χ0n) is 19.2. The highest BCUT2D eigenvalue weighted by atomic mass is 16.5. The van der Waals surface area contributed by atoms with Crippen LogP contribution in [0.2, 0.25) is 0 Å². The maximum absolute atomic E-state index is 12.5. The highest BCUT2D eigenvalue weighted by Crippen LogP contribution is 2.31. The van der Waals surface area contributed by atoms with Gasteiger partial charge in [0.25, 0.3) is 5.56 Å². The van der Waals surface area contributed by atoms with Gasteiger partial charge in [0.1, 0.15) is 12.3 Å². The number of methoxy groups -OCH3 is 1. The zero-order valence-corrected chi connectivity index (χ0v) is 19.2. The monoisotopic (exact) mass is 471 g/mol. The second kappa shape index (κ2) is 11.6. The molecule has 0 bridgehead atoms. The van der Waals surface area contributed by atoms with Gasteiger partial charge in [-0.2, -0.15) is 0 Å². The molecule has 2 N–H and O–H groups in total. The first kappa shape index (κ1) is 23.6. The summed E-state index contributed by atoms with van der Waals surface area (Å²) in [5, 5.41) is 11.0. The first-order valence-corrected chi connectivity index (χ1v) is 11.1. The number of aromatic nitrogens is 4. The number of rotatable bonds is 10. The van der Waals surface area contributed by atoms with E-state index in [1.54, 1.807) is 43.8 Å². The lowest BCUT2D eigenvalue weighted by Crippen LogP contribution is -2.25. The summed E-state index contributed by atoms with van der Waals surface area (Å²) in [6.45, 7) is 0.776. The van der Waals surface area contributed by atoms with Crippen LogP contribution in [0.25, 0.3) is 11.4 Å². The van der Waals surface area contributed by atoms with E-state index in [1.165, 1.54) is 0 Å². The van der Waals surface area contributed by atoms with E-state index < -0.39 is 5.56 Å². The van der Waals surface area contributed by atoms with E-state index in [2.05, 4.69) is 25.5 Å². The third kappa shape index (κ3) is 6.50. The molecule has 0 aliphatic carbocycles. The average Bonchev–Trinajstić information content (AvgIpc) is 2.91. The molecule has 1 amide bonds. The first-order chi connectivity index (χ1) is 17.1. The van der Waals surface area contributed by atoms with Gasteiger partial charge in [-0.25, -0.2) is 0 Å².